The molecule has 1 aliphatic rings. The third-order valence-electron chi connectivity index (χ3n) is 3.23. The molecule has 0 spiro atoms. The summed E-state index contributed by atoms with van der Waals surface area (Å²) in [5.74, 6) is -0.343. The quantitative estimate of drug-likeness (QED) is 0.862. The lowest BCUT2D eigenvalue weighted by atomic mass is 10.0. The van der Waals surface area contributed by atoms with Crippen LogP contribution in [-0.2, 0) is 4.79 Å². The standard InChI is InChI=1S/C13H18ClN3O/c1-9-2-3-11(14)10(8-9)12(13(15)18)17-6-4-16-5-7-17/h2-3,8,12,16H,4-7H2,1H3,(H2,15,18). The summed E-state index contributed by atoms with van der Waals surface area (Å²) in [7, 11) is 0. The van der Waals surface area contributed by atoms with Crippen LogP contribution in [0.1, 0.15) is 17.2 Å². The molecule has 5 heteroatoms. The first-order chi connectivity index (χ1) is 8.59. The summed E-state index contributed by atoms with van der Waals surface area (Å²) in [5.41, 5.74) is 7.45. The Morgan fingerprint density at radius 1 is 1.44 bits per heavy atom. The fourth-order valence-electron chi connectivity index (χ4n) is 2.34. The Labute approximate surface area is 112 Å². The van der Waals surface area contributed by atoms with E-state index in [1.54, 1.807) is 0 Å². The van der Waals surface area contributed by atoms with Crippen LogP contribution in [-0.4, -0.2) is 37.0 Å². The van der Waals surface area contributed by atoms with Crippen molar-refractivity contribution in [2.24, 2.45) is 5.73 Å². The summed E-state index contributed by atoms with van der Waals surface area (Å²) in [6.07, 6.45) is 0. The lowest BCUT2D eigenvalue weighted by Crippen LogP contribution is -2.48. The lowest BCUT2D eigenvalue weighted by molar-refractivity contribution is -0.123. The highest BCUT2D eigenvalue weighted by atomic mass is 35.5. The third kappa shape index (κ3) is 2.83. The molecule has 98 valence electrons. The second-order valence-corrected chi connectivity index (χ2v) is 5.02. The van der Waals surface area contributed by atoms with Gasteiger partial charge in [0.15, 0.2) is 0 Å². The number of nitrogens with two attached hydrogens (primary N) is 1. The number of hydrogen-bond donors (Lipinski definition) is 2. The van der Waals surface area contributed by atoms with E-state index in [1.165, 1.54) is 0 Å². The predicted octanol–water partition coefficient (Wildman–Crippen LogP) is 1.08. The molecule has 0 radical (unpaired) electrons. The maximum Gasteiger partial charge on any atom is 0.239 e. The molecule has 0 aromatic heterocycles. The van der Waals surface area contributed by atoms with Crippen LogP contribution in [0.3, 0.4) is 0 Å². The average molecular weight is 268 g/mol. The highest BCUT2D eigenvalue weighted by molar-refractivity contribution is 6.31. The molecule has 1 heterocycles. The van der Waals surface area contributed by atoms with Crippen LogP contribution >= 0.6 is 11.6 Å². The summed E-state index contributed by atoms with van der Waals surface area (Å²) in [4.78, 5) is 13.8. The van der Waals surface area contributed by atoms with Gasteiger partial charge in [-0.3, -0.25) is 9.69 Å². The Morgan fingerprint density at radius 3 is 2.72 bits per heavy atom. The SMILES string of the molecule is Cc1ccc(Cl)c(C(C(N)=O)N2CCNCC2)c1. The first-order valence-electron chi connectivity index (χ1n) is 6.09. The molecule has 4 nitrogen and oxygen atoms in total. The van der Waals surface area contributed by atoms with Gasteiger partial charge in [0.2, 0.25) is 5.91 Å². The van der Waals surface area contributed by atoms with Crippen molar-refractivity contribution in [3.05, 3.63) is 34.3 Å². The smallest absolute Gasteiger partial charge is 0.239 e. The van der Waals surface area contributed by atoms with Gasteiger partial charge in [-0.2, -0.15) is 0 Å². The molecule has 2 rings (SSSR count). The predicted molar refractivity (Wildman–Crippen MR) is 72.6 cm³/mol. The van der Waals surface area contributed by atoms with Gasteiger partial charge in [-0.05, 0) is 18.6 Å². The van der Waals surface area contributed by atoms with Crippen molar-refractivity contribution in [3.8, 4) is 0 Å². The number of nitrogens with one attached hydrogen (secondary N) is 1. The minimum absolute atomic E-state index is 0.343. The maximum atomic E-state index is 11.8. The van der Waals surface area contributed by atoms with Gasteiger partial charge in [0.1, 0.15) is 6.04 Å². The van der Waals surface area contributed by atoms with E-state index < -0.39 is 6.04 Å². The summed E-state index contributed by atoms with van der Waals surface area (Å²) >= 11 is 6.20. The van der Waals surface area contributed by atoms with Gasteiger partial charge in [0.05, 0.1) is 0 Å². The Hall–Kier alpha value is -1.10. The minimum atomic E-state index is -0.431. The molecule has 3 N–H and O–H groups in total. The molecule has 1 aliphatic heterocycles. The number of hydrogen-bond acceptors (Lipinski definition) is 3. The molecule has 0 saturated carbocycles. The molecule has 1 saturated heterocycles. The van der Waals surface area contributed by atoms with Gasteiger partial charge in [-0.1, -0.05) is 29.3 Å². The number of aryl methyl sites for hydroxylation is 1. The second-order valence-electron chi connectivity index (χ2n) is 4.62. The number of carbonyl (C=O) groups is 1. The third-order valence-corrected chi connectivity index (χ3v) is 3.58. The molecule has 1 amide bonds. The minimum Gasteiger partial charge on any atom is -0.368 e. The van der Waals surface area contributed by atoms with Crippen LogP contribution in [0.25, 0.3) is 0 Å². The van der Waals surface area contributed by atoms with E-state index in [0.717, 1.165) is 37.3 Å². The van der Waals surface area contributed by atoms with Gasteiger partial charge in [0.25, 0.3) is 0 Å². The number of primary amides is 1. The van der Waals surface area contributed by atoms with Crippen LogP contribution in [0, 0.1) is 6.92 Å². The Bertz CT molecular complexity index is 444. The summed E-state index contributed by atoms with van der Waals surface area (Å²) in [6, 6.07) is 5.27. The largest absolute Gasteiger partial charge is 0.368 e. The lowest BCUT2D eigenvalue weighted by Gasteiger charge is -2.33. The van der Waals surface area contributed by atoms with E-state index in [9.17, 15) is 4.79 Å². The normalized spacial score (nSPS) is 18.6. The van der Waals surface area contributed by atoms with Gasteiger partial charge in [-0.15, -0.1) is 0 Å². The molecule has 0 bridgehead atoms. The second kappa shape index (κ2) is 5.69. The number of piperazine rings is 1. The molecule has 18 heavy (non-hydrogen) atoms. The van der Waals surface area contributed by atoms with E-state index in [2.05, 4.69) is 10.2 Å². The number of amides is 1. The first kappa shape index (κ1) is 13.3. The summed E-state index contributed by atoms with van der Waals surface area (Å²) < 4.78 is 0. The number of halogens is 1. The van der Waals surface area contributed by atoms with Gasteiger partial charge < -0.3 is 11.1 Å². The van der Waals surface area contributed by atoms with Crippen LogP contribution in [0.2, 0.25) is 5.02 Å². The molecule has 1 fully saturated rings. The van der Waals surface area contributed by atoms with Crippen LogP contribution in [0.15, 0.2) is 18.2 Å². The van der Waals surface area contributed by atoms with Gasteiger partial charge >= 0.3 is 0 Å². The van der Waals surface area contributed by atoms with E-state index in [1.807, 2.05) is 25.1 Å². The Morgan fingerprint density at radius 2 is 2.11 bits per heavy atom. The van der Waals surface area contributed by atoms with E-state index in [4.69, 9.17) is 17.3 Å². The van der Waals surface area contributed by atoms with Gasteiger partial charge in [-0.25, -0.2) is 0 Å². The zero-order chi connectivity index (χ0) is 13.1. The van der Waals surface area contributed by atoms with Crippen LogP contribution in [0.4, 0.5) is 0 Å². The first-order valence-corrected chi connectivity index (χ1v) is 6.47. The topological polar surface area (TPSA) is 58.4 Å². The molecule has 1 atom stereocenters. The van der Waals surface area contributed by atoms with Gasteiger partial charge in [0, 0.05) is 31.2 Å². The van der Waals surface area contributed by atoms with Crippen molar-refractivity contribution in [3.63, 3.8) is 0 Å². The van der Waals surface area contributed by atoms with E-state index in [-0.39, 0.29) is 5.91 Å². The molecule has 1 unspecified atom stereocenters. The summed E-state index contributed by atoms with van der Waals surface area (Å²) in [5, 5.41) is 3.86. The fraction of sp³-hybridized carbons (Fsp3) is 0.462. The van der Waals surface area contributed by atoms with Crippen molar-refractivity contribution >= 4 is 17.5 Å². The van der Waals surface area contributed by atoms with Crippen molar-refractivity contribution in [1.29, 1.82) is 0 Å². The van der Waals surface area contributed by atoms with Crippen molar-refractivity contribution < 1.29 is 4.79 Å². The molecular formula is C13H18ClN3O. The van der Waals surface area contributed by atoms with E-state index in [0.29, 0.717) is 5.02 Å². The molecule has 0 aliphatic carbocycles. The van der Waals surface area contributed by atoms with Crippen molar-refractivity contribution in [2.75, 3.05) is 26.2 Å². The fourth-order valence-corrected chi connectivity index (χ4v) is 2.56. The Balaban J connectivity index is 2.34. The number of carbonyl (C=O) groups excluding carboxylic acids is 1. The summed E-state index contributed by atoms with van der Waals surface area (Å²) in [6.45, 7) is 5.33. The average Bonchev–Trinajstić information content (AvgIpc) is 2.35. The number of rotatable bonds is 3. The van der Waals surface area contributed by atoms with E-state index >= 15 is 0 Å². The zero-order valence-electron chi connectivity index (χ0n) is 10.4. The van der Waals surface area contributed by atoms with Crippen molar-refractivity contribution in [1.82, 2.24) is 10.2 Å². The highest BCUT2D eigenvalue weighted by Gasteiger charge is 2.28. The highest BCUT2D eigenvalue weighted by Crippen LogP contribution is 2.28. The van der Waals surface area contributed by atoms with Crippen LogP contribution in [0.5, 0.6) is 0 Å². The molecule has 1 aromatic rings. The van der Waals surface area contributed by atoms with Crippen molar-refractivity contribution in [2.45, 2.75) is 13.0 Å². The number of nitrogens with zero attached hydrogens (tertiary/aromatic N) is 1. The molecular weight excluding hydrogens is 250 g/mol. The monoisotopic (exact) mass is 267 g/mol. The number of benzene rings is 1. The van der Waals surface area contributed by atoms with Crippen LogP contribution < -0.4 is 11.1 Å². The maximum absolute atomic E-state index is 11.8. The molecule has 1 aromatic carbocycles. The Kier molecular flexibility index (Phi) is 4.22. The zero-order valence-corrected chi connectivity index (χ0v) is 11.2.